The van der Waals surface area contributed by atoms with Gasteiger partial charge in [0.15, 0.2) is 5.17 Å². The zero-order chi connectivity index (χ0) is 11.5. The maximum atomic E-state index is 4.92. The molecule has 0 bridgehead atoms. The Labute approximate surface area is 107 Å². The summed E-state index contributed by atoms with van der Waals surface area (Å²) < 4.78 is 0. The van der Waals surface area contributed by atoms with Crippen molar-refractivity contribution in [2.24, 2.45) is 10.9 Å². The van der Waals surface area contributed by atoms with E-state index in [2.05, 4.69) is 25.4 Å². The summed E-state index contributed by atoms with van der Waals surface area (Å²) in [5.74, 6) is 1.97. The number of thioether (sulfide) groups is 2. The summed E-state index contributed by atoms with van der Waals surface area (Å²) in [5, 5.41) is 5.49. The van der Waals surface area contributed by atoms with Gasteiger partial charge in [-0.3, -0.25) is 4.99 Å². The minimum atomic E-state index is 0.561. The smallest absolute Gasteiger partial charge is 0.157 e. The number of nitrogens with one attached hydrogen (secondary N) is 1. The predicted octanol–water partition coefficient (Wildman–Crippen LogP) is 2.99. The van der Waals surface area contributed by atoms with E-state index in [-0.39, 0.29) is 0 Å². The van der Waals surface area contributed by atoms with Crippen LogP contribution in [0.15, 0.2) is 4.99 Å². The summed E-state index contributed by atoms with van der Waals surface area (Å²) in [6.45, 7) is 4.57. The molecule has 92 valence electrons. The fourth-order valence-electron chi connectivity index (χ4n) is 2.29. The first-order valence-corrected chi connectivity index (χ1v) is 8.48. The van der Waals surface area contributed by atoms with Gasteiger partial charge in [0, 0.05) is 17.0 Å². The van der Waals surface area contributed by atoms with Gasteiger partial charge in [0.25, 0.3) is 0 Å². The van der Waals surface area contributed by atoms with Crippen molar-refractivity contribution >= 4 is 28.7 Å². The molecule has 2 aliphatic rings. The molecule has 1 N–H and O–H groups in total. The molecule has 2 nitrogen and oxygen atoms in total. The first-order valence-electron chi connectivity index (χ1n) is 6.20. The zero-order valence-electron chi connectivity index (χ0n) is 10.4. The van der Waals surface area contributed by atoms with E-state index in [0.717, 1.165) is 11.2 Å². The van der Waals surface area contributed by atoms with E-state index in [1.54, 1.807) is 0 Å². The summed E-state index contributed by atoms with van der Waals surface area (Å²) in [5.41, 5.74) is 0. The average Bonchev–Trinajstić information content (AvgIpc) is 2.71. The van der Waals surface area contributed by atoms with Crippen LogP contribution in [-0.4, -0.2) is 34.5 Å². The zero-order valence-corrected chi connectivity index (χ0v) is 12.0. The highest BCUT2D eigenvalue weighted by atomic mass is 32.2. The Morgan fingerprint density at radius 1 is 1.38 bits per heavy atom. The molecule has 0 aromatic heterocycles. The number of amidine groups is 1. The molecule has 1 saturated heterocycles. The van der Waals surface area contributed by atoms with Crippen LogP contribution in [0.1, 0.15) is 33.1 Å². The normalized spacial score (nSPS) is 42.3. The molecule has 16 heavy (non-hydrogen) atoms. The van der Waals surface area contributed by atoms with Gasteiger partial charge in [-0.1, -0.05) is 25.1 Å². The highest BCUT2D eigenvalue weighted by Crippen LogP contribution is 2.32. The Morgan fingerprint density at radius 2 is 2.19 bits per heavy atom. The van der Waals surface area contributed by atoms with E-state index in [1.807, 2.05) is 23.5 Å². The highest BCUT2D eigenvalue weighted by molar-refractivity contribution is 8.13. The van der Waals surface area contributed by atoms with Gasteiger partial charge in [-0.2, -0.15) is 11.8 Å². The molecule has 0 spiro atoms. The monoisotopic (exact) mass is 258 g/mol. The summed E-state index contributed by atoms with van der Waals surface area (Å²) in [6.07, 6.45) is 6.19. The van der Waals surface area contributed by atoms with Crippen molar-refractivity contribution in [3.05, 3.63) is 0 Å². The van der Waals surface area contributed by atoms with Gasteiger partial charge in [0.2, 0.25) is 0 Å². The molecule has 1 saturated carbocycles. The van der Waals surface area contributed by atoms with Crippen molar-refractivity contribution in [2.75, 3.05) is 12.0 Å². The van der Waals surface area contributed by atoms with Gasteiger partial charge < -0.3 is 5.32 Å². The lowest BCUT2D eigenvalue weighted by molar-refractivity contribution is 0.488. The molecule has 0 aromatic carbocycles. The van der Waals surface area contributed by atoms with E-state index >= 15 is 0 Å². The van der Waals surface area contributed by atoms with Crippen LogP contribution in [-0.2, 0) is 0 Å². The third kappa shape index (κ3) is 2.89. The van der Waals surface area contributed by atoms with Crippen molar-refractivity contribution < 1.29 is 0 Å². The predicted molar refractivity (Wildman–Crippen MR) is 76.6 cm³/mol. The Morgan fingerprint density at radius 3 is 2.88 bits per heavy atom. The lowest BCUT2D eigenvalue weighted by atomic mass is 10.1. The number of hydrogen-bond donors (Lipinski definition) is 1. The molecule has 4 unspecified atom stereocenters. The first-order chi connectivity index (χ1) is 7.70. The van der Waals surface area contributed by atoms with E-state index in [4.69, 9.17) is 4.99 Å². The number of aliphatic imine (C=N–C) groups is 1. The van der Waals surface area contributed by atoms with Crippen LogP contribution < -0.4 is 5.32 Å². The van der Waals surface area contributed by atoms with Crippen molar-refractivity contribution in [1.82, 2.24) is 5.32 Å². The molecule has 1 heterocycles. The van der Waals surface area contributed by atoms with E-state index < -0.39 is 0 Å². The van der Waals surface area contributed by atoms with Crippen molar-refractivity contribution in [1.29, 1.82) is 0 Å². The lowest BCUT2D eigenvalue weighted by Gasteiger charge is -2.29. The van der Waals surface area contributed by atoms with E-state index in [1.165, 1.54) is 30.2 Å². The summed E-state index contributed by atoms with van der Waals surface area (Å²) in [7, 11) is 0. The molecule has 0 radical (unpaired) electrons. The van der Waals surface area contributed by atoms with Crippen LogP contribution in [0.3, 0.4) is 0 Å². The van der Waals surface area contributed by atoms with Gasteiger partial charge >= 0.3 is 0 Å². The first kappa shape index (κ1) is 12.6. The minimum absolute atomic E-state index is 0.561. The minimum Gasteiger partial charge on any atom is -0.362 e. The maximum absolute atomic E-state index is 4.92. The Kier molecular flexibility index (Phi) is 4.48. The summed E-state index contributed by atoms with van der Waals surface area (Å²) in [4.78, 5) is 4.92. The second kappa shape index (κ2) is 5.67. The van der Waals surface area contributed by atoms with Crippen LogP contribution in [0.4, 0.5) is 0 Å². The molecule has 4 atom stereocenters. The Balaban J connectivity index is 1.96. The summed E-state index contributed by atoms with van der Waals surface area (Å²) >= 11 is 3.89. The van der Waals surface area contributed by atoms with Gasteiger partial charge in [0.1, 0.15) is 0 Å². The van der Waals surface area contributed by atoms with Crippen LogP contribution in [0, 0.1) is 5.92 Å². The van der Waals surface area contributed by atoms with Crippen molar-refractivity contribution in [3.63, 3.8) is 0 Å². The van der Waals surface area contributed by atoms with Crippen molar-refractivity contribution in [2.45, 2.75) is 50.4 Å². The fourth-order valence-corrected chi connectivity index (χ4v) is 4.39. The molecule has 2 rings (SSSR count). The quantitative estimate of drug-likeness (QED) is 0.824. The number of hydrogen-bond acceptors (Lipinski definition) is 3. The van der Waals surface area contributed by atoms with Gasteiger partial charge in [-0.25, -0.2) is 0 Å². The van der Waals surface area contributed by atoms with Gasteiger partial charge in [-0.05, 0) is 31.9 Å². The number of nitrogens with zero attached hydrogens (tertiary/aromatic N) is 1. The van der Waals surface area contributed by atoms with Crippen LogP contribution in [0.25, 0.3) is 0 Å². The van der Waals surface area contributed by atoms with Crippen LogP contribution >= 0.6 is 23.5 Å². The SMILES string of the molecule is CSC1CCCC1N=C1NC(C)C(C)CS1. The molecule has 0 amide bonds. The second-order valence-electron chi connectivity index (χ2n) is 4.93. The molecule has 2 fully saturated rings. The lowest BCUT2D eigenvalue weighted by Crippen LogP contribution is -2.42. The number of rotatable bonds is 2. The van der Waals surface area contributed by atoms with Gasteiger partial charge in [-0.15, -0.1) is 0 Å². The van der Waals surface area contributed by atoms with E-state index in [9.17, 15) is 0 Å². The topological polar surface area (TPSA) is 24.4 Å². The third-order valence-corrected chi connectivity index (χ3v) is 6.04. The third-order valence-electron chi connectivity index (χ3n) is 3.69. The Hall–Kier alpha value is 0.170. The second-order valence-corrected chi connectivity index (χ2v) is 7.01. The standard InChI is InChI=1S/C12H22N2S2/c1-8-7-16-12(13-9(8)2)14-10-5-4-6-11(10)15-3/h8-11H,4-7H2,1-3H3,(H,13,14). The van der Waals surface area contributed by atoms with E-state index in [0.29, 0.717) is 12.1 Å². The Bertz CT molecular complexity index is 268. The molecule has 1 aliphatic heterocycles. The van der Waals surface area contributed by atoms with Gasteiger partial charge in [0.05, 0.1) is 6.04 Å². The molecule has 0 aromatic rings. The molecule has 4 heteroatoms. The fraction of sp³-hybridized carbons (Fsp3) is 0.917. The summed E-state index contributed by atoms with van der Waals surface area (Å²) in [6, 6.07) is 1.14. The molecular weight excluding hydrogens is 236 g/mol. The van der Waals surface area contributed by atoms with Crippen molar-refractivity contribution in [3.8, 4) is 0 Å². The van der Waals surface area contributed by atoms with Crippen LogP contribution in [0.5, 0.6) is 0 Å². The maximum Gasteiger partial charge on any atom is 0.157 e. The molecule has 1 aliphatic carbocycles. The average molecular weight is 258 g/mol. The highest BCUT2D eigenvalue weighted by Gasteiger charge is 2.28. The van der Waals surface area contributed by atoms with Crippen LogP contribution in [0.2, 0.25) is 0 Å². The molecular formula is C12H22N2S2. The largest absolute Gasteiger partial charge is 0.362 e.